The number of benzene rings is 2. The first kappa shape index (κ1) is 15.3. The Morgan fingerprint density at radius 2 is 1.64 bits per heavy atom. The second kappa shape index (κ2) is 7.60. The summed E-state index contributed by atoms with van der Waals surface area (Å²) < 4.78 is 6.06. The van der Waals surface area contributed by atoms with E-state index in [9.17, 15) is 0 Å². The summed E-state index contributed by atoms with van der Waals surface area (Å²) in [5, 5.41) is 0. The van der Waals surface area contributed by atoms with E-state index in [1.807, 2.05) is 0 Å². The standard InChI is InChI=1S/C21H26O/c1-2-3-9-21-15-14-20(16-22-21)19-12-10-18(11-13-19)17-7-5-4-6-8-17/h4-8,10-13,20-21H,2-3,9,14-16H2,1H3. The Hall–Kier alpha value is -1.60. The van der Waals surface area contributed by atoms with Crippen LogP contribution in [0.4, 0.5) is 0 Å². The van der Waals surface area contributed by atoms with Crippen molar-refractivity contribution < 1.29 is 4.74 Å². The molecule has 22 heavy (non-hydrogen) atoms. The summed E-state index contributed by atoms with van der Waals surface area (Å²) >= 11 is 0. The molecule has 0 saturated carbocycles. The van der Waals surface area contributed by atoms with Crippen LogP contribution in [0.5, 0.6) is 0 Å². The Balaban J connectivity index is 1.60. The van der Waals surface area contributed by atoms with Gasteiger partial charge in [-0.2, -0.15) is 0 Å². The van der Waals surface area contributed by atoms with Crippen LogP contribution in [0, 0.1) is 0 Å². The van der Waals surface area contributed by atoms with Gasteiger partial charge >= 0.3 is 0 Å². The second-order valence-corrected chi connectivity index (χ2v) is 6.36. The molecule has 1 heteroatoms. The lowest BCUT2D eigenvalue weighted by atomic mass is 9.89. The first-order valence-electron chi connectivity index (χ1n) is 8.64. The van der Waals surface area contributed by atoms with Crippen LogP contribution in [0.2, 0.25) is 0 Å². The van der Waals surface area contributed by atoms with E-state index in [1.54, 1.807) is 0 Å². The van der Waals surface area contributed by atoms with Crippen molar-refractivity contribution in [1.29, 1.82) is 0 Å². The predicted octanol–water partition coefficient (Wildman–Crippen LogP) is 5.81. The molecule has 2 aromatic rings. The maximum Gasteiger partial charge on any atom is 0.0575 e. The molecule has 116 valence electrons. The second-order valence-electron chi connectivity index (χ2n) is 6.36. The highest BCUT2D eigenvalue weighted by atomic mass is 16.5. The van der Waals surface area contributed by atoms with Gasteiger partial charge in [0.05, 0.1) is 12.7 Å². The average Bonchev–Trinajstić information content (AvgIpc) is 2.61. The van der Waals surface area contributed by atoms with Gasteiger partial charge in [-0.05, 0) is 36.0 Å². The van der Waals surface area contributed by atoms with Gasteiger partial charge in [0.2, 0.25) is 0 Å². The van der Waals surface area contributed by atoms with Crippen LogP contribution < -0.4 is 0 Å². The third-order valence-corrected chi connectivity index (χ3v) is 4.74. The summed E-state index contributed by atoms with van der Waals surface area (Å²) in [6.07, 6.45) is 6.77. The Morgan fingerprint density at radius 1 is 0.909 bits per heavy atom. The predicted molar refractivity (Wildman–Crippen MR) is 93.1 cm³/mol. The van der Waals surface area contributed by atoms with Gasteiger partial charge in [0.1, 0.15) is 0 Å². The highest BCUT2D eigenvalue weighted by molar-refractivity contribution is 5.63. The zero-order chi connectivity index (χ0) is 15.2. The smallest absolute Gasteiger partial charge is 0.0575 e. The minimum absolute atomic E-state index is 0.500. The van der Waals surface area contributed by atoms with Crippen molar-refractivity contribution in [3.63, 3.8) is 0 Å². The molecule has 1 fully saturated rings. The first-order chi connectivity index (χ1) is 10.9. The summed E-state index contributed by atoms with van der Waals surface area (Å²) in [5.74, 6) is 0.572. The number of unbranched alkanes of at least 4 members (excludes halogenated alkanes) is 1. The topological polar surface area (TPSA) is 9.23 Å². The van der Waals surface area contributed by atoms with Crippen molar-refractivity contribution >= 4 is 0 Å². The van der Waals surface area contributed by atoms with Crippen LogP contribution in [0.15, 0.2) is 54.6 Å². The average molecular weight is 294 g/mol. The fraction of sp³-hybridized carbons (Fsp3) is 0.429. The number of ether oxygens (including phenoxy) is 1. The Morgan fingerprint density at radius 3 is 2.27 bits per heavy atom. The minimum atomic E-state index is 0.500. The molecule has 0 spiro atoms. The van der Waals surface area contributed by atoms with Gasteiger partial charge in [-0.15, -0.1) is 0 Å². The zero-order valence-corrected chi connectivity index (χ0v) is 13.5. The van der Waals surface area contributed by atoms with Gasteiger partial charge in [-0.1, -0.05) is 74.4 Å². The van der Waals surface area contributed by atoms with Crippen LogP contribution in [0.25, 0.3) is 11.1 Å². The van der Waals surface area contributed by atoms with Crippen molar-refractivity contribution in [2.45, 2.75) is 51.0 Å². The molecule has 2 atom stereocenters. The molecule has 1 nitrogen and oxygen atoms in total. The molecule has 0 amide bonds. The van der Waals surface area contributed by atoms with E-state index >= 15 is 0 Å². The Labute approximate surface area is 134 Å². The molecule has 0 aromatic heterocycles. The molecule has 1 saturated heterocycles. The monoisotopic (exact) mass is 294 g/mol. The number of hydrogen-bond acceptors (Lipinski definition) is 1. The lowest BCUT2D eigenvalue weighted by Gasteiger charge is -2.29. The van der Waals surface area contributed by atoms with Crippen LogP contribution in [-0.4, -0.2) is 12.7 Å². The summed E-state index contributed by atoms with van der Waals surface area (Å²) in [5.41, 5.74) is 4.00. The quantitative estimate of drug-likeness (QED) is 0.676. The zero-order valence-electron chi connectivity index (χ0n) is 13.5. The van der Waals surface area contributed by atoms with E-state index in [0.29, 0.717) is 12.0 Å². The molecular weight excluding hydrogens is 268 g/mol. The molecule has 0 aliphatic carbocycles. The Kier molecular flexibility index (Phi) is 5.29. The molecule has 1 heterocycles. The van der Waals surface area contributed by atoms with Crippen LogP contribution in [0.3, 0.4) is 0 Å². The van der Waals surface area contributed by atoms with Gasteiger partial charge < -0.3 is 4.74 Å². The lowest BCUT2D eigenvalue weighted by Crippen LogP contribution is -2.24. The van der Waals surface area contributed by atoms with E-state index in [2.05, 4.69) is 61.5 Å². The summed E-state index contributed by atoms with van der Waals surface area (Å²) in [6, 6.07) is 19.6. The van der Waals surface area contributed by atoms with Crippen molar-refractivity contribution in [2.24, 2.45) is 0 Å². The Bertz CT molecular complexity index is 550. The molecule has 1 aliphatic heterocycles. The van der Waals surface area contributed by atoms with Crippen molar-refractivity contribution in [2.75, 3.05) is 6.61 Å². The van der Waals surface area contributed by atoms with Crippen molar-refractivity contribution in [1.82, 2.24) is 0 Å². The van der Waals surface area contributed by atoms with E-state index < -0.39 is 0 Å². The molecule has 2 aromatic carbocycles. The normalized spacial score (nSPS) is 21.7. The minimum Gasteiger partial charge on any atom is -0.378 e. The third-order valence-electron chi connectivity index (χ3n) is 4.74. The molecule has 1 aliphatic rings. The van der Waals surface area contributed by atoms with Gasteiger partial charge in [-0.3, -0.25) is 0 Å². The maximum absolute atomic E-state index is 6.06. The van der Waals surface area contributed by atoms with E-state index in [0.717, 1.165) is 6.61 Å². The van der Waals surface area contributed by atoms with Gasteiger partial charge in [0.15, 0.2) is 0 Å². The summed E-state index contributed by atoms with van der Waals surface area (Å²) in [4.78, 5) is 0. The number of hydrogen-bond donors (Lipinski definition) is 0. The lowest BCUT2D eigenvalue weighted by molar-refractivity contribution is -0.00189. The van der Waals surface area contributed by atoms with E-state index in [1.165, 1.54) is 48.8 Å². The van der Waals surface area contributed by atoms with E-state index in [4.69, 9.17) is 4.74 Å². The van der Waals surface area contributed by atoms with Crippen LogP contribution >= 0.6 is 0 Å². The molecule has 0 bridgehead atoms. The highest BCUT2D eigenvalue weighted by Crippen LogP contribution is 2.31. The van der Waals surface area contributed by atoms with Crippen molar-refractivity contribution in [3.05, 3.63) is 60.2 Å². The SMILES string of the molecule is CCCCC1CCC(c2ccc(-c3ccccc3)cc2)CO1. The first-order valence-corrected chi connectivity index (χ1v) is 8.64. The maximum atomic E-state index is 6.06. The van der Waals surface area contributed by atoms with E-state index in [-0.39, 0.29) is 0 Å². The third kappa shape index (κ3) is 3.78. The molecule has 0 radical (unpaired) electrons. The molecule has 0 N–H and O–H groups in total. The number of rotatable bonds is 5. The molecule has 2 unspecified atom stereocenters. The van der Waals surface area contributed by atoms with Gasteiger partial charge in [0, 0.05) is 5.92 Å². The van der Waals surface area contributed by atoms with Crippen LogP contribution in [-0.2, 0) is 4.74 Å². The fourth-order valence-corrected chi connectivity index (χ4v) is 3.31. The largest absolute Gasteiger partial charge is 0.378 e. The molecule has 3 rings (SSSR count). The molecular formula is C21H26O. The summed E-state index contributed by atoms with van der Waals surface area (Å²) in [6.45, 7) is 3.14. The highest BCUT2D eigenvalue weighted by Gasteiger charge is 2.22. The fourth-order valence-electron chi connectivity index (χ4n) is 3.31. The van der Waals surface area contributed by atoms with Gasteiger partial charge in [0.25, 0.3) is 0 Å². The summed E-state index contributed by atoms with van der Waals surface area (Å²) in [7, 11) is 0. The van der Waals surface area contributed by atoms with Crippen LogP contribution in [0.1, 0.15) is 50.5 Å². The van der Waals surface area contributed by atoms with Gasteiger partial charge in [-0.25, -0.2) is 0 Å². The van der Waals surface area contributed by atoms with Crippen molar-refractivity contribution in [3.8, 4) is 11.1 Å².